The van der Waals surface area contributed by atoms with Crippen molar-refractivity contribution < 1.29 is 4.79 Å². The lowest BCUT2D eigenvalue weighted by Gasteiger charge is -2.07. The minimum atomic E-state index is 0.0786. The van der Waals surface area contributed by atoms with Gasteiger partial charge in [-0.25, -0.2) is 0 Å². The lowest BCUT2D eigenvalue weighted by molar-refractivity contribution is -0.120. The first-order chi connectivity index (χ1) is 7.61. The smallest absolute Gasteiger partial charge is 0.224 e. The third-order valence-corrected chi connectivity index (χ3v) is 2.26. The molecule has 0 aliphatic heterocycles. The fraction of sp³-hybridized carbons (Fsp3) is 0.357. The molecule has 2 heteroatoms. The first kappa shape index (κ1) is 12.5. The lowest BCUT2D eigenvalue weighted by atomic mass is 10.1. The summed E-state index contributed by atoms with van der Waals surface area (Å²) >= 11 is 0. The van der Waals surface area contributed by atoms with Gasteiger partial charge in [-0.3, -0.25) is 4.79 Å². The Kier molecular flexibility index (Phi) is 4.77. The molecule has 0 spiro atoms. The topological polar surface area (TPSA) is 29.1 Å². The number of carbonyl (C=O) groups is 1. The maximum absolute atomic E-state index is 11.6. The van der Waals surface area contributed by atoms with E-state index < -0.39 is 0 Å². The summed E-state index contributed by atoms with van der Waals surface area (Å²) in [6.07, 6.45) is 2.23. The van der Waals surface area contributed by atoms with Crippen LogP contribution >= 0.6 is 0 Å². The van der Waals surface area contributed by atoms with Gasteiger partial charge >= 0.3 is 0 Å². The monoisotopic (exact) mass is 217 g/mol. The van der Waals surface area contributed by atoms with Gasteiger partial charge in [0, 0.05) is 6.54 Å². The second-order valence-corrected chi connectivity index (χ2v) is 4.32. The van der Waals surface area contributed by atoms with E-state index in [1.165, 1.54) is 0 Å². The highest BCUT2D eigenvalue weighted by molar-refractivity contribution is 5.78. The van der Waals surface area contributed by atoms with Crippen LogP contribution in [-0.4, -0.2) is 12.5 Å². The summed E-state index contributed by atoms with van der Waals surface area (Å²) in [5, 5.41) is 2.90. The van der Waals surface area contributed by atoms with Crippen LogP contribution in [-0.2, 0) is 11.2 Å². The molecule has 1 N–H and O–H groups in total. The maximum atomic E-state index is 11.6. The molecule has 1 amide bonds. The van der Waals surface area contributed by atoms with Gasteiger partial charge in [0.1, 0.15) is 0 Å². The zero-order chi connectivity index (χ0) is 12.0. The Morgan fingerprint density at radius 3 is 2.88 bits per heavy atom. The summed E-state index contributed by atoms with van der Waals surface area (Å²) in [5.74, 6) is 0.568. The van der Waals surface area contributed by atoms with Crippen molar-refractivity contribution in [2.45, 2.75) is 20.3 Å². The van der Waals surface area contributed by atoms with Crippen LogP contribution in [0.2, 0.25) is 0 Å². The molecule has 1 aromatic carbocycles. The molecule has 0 aliphatic carbocycles. The summed E-state index contributed by atoms with van der Waals surface area (Å²) in [4.78, 5) is 11.6. The van der Waals surface area contributed by atoms with E-state index in [0.717, 1.165) is 17.7 Å². The minimum Gasteiger partial charge on any atom is -0.356 e. The van der Waals surface area contributed by atoms with Gasteiger partial charge in [-0.1, -0.05) is 50.8 Å². The molecule has 86 valence electrons. The molecule has 0 aromatic heterocycles. The van der Waals surface area contributed by atoms with Crippen molar-refractivity contribution in [3.05, 3.63) is 42.0 Å². The predicted molar refractivity (Wildman–Crippen MR) is 68.1 cm³/mol. The number of rotatable bonds is 5. The average molecular weight is 217 g/mol. The minimum absolute atomic E-state index is 0.0786. The number of carbonyl (C=O) groups excluding carboxylic acids is 1. The van der Waals surface area contributed by atoms with Crippen LogP contribution in [0.15, 0.2) is 30.8 Å². The Hall–Kier alpha value is -1.57. The largest absolute Gasteiger partial charge is 0.356 e. The zero-order valence-electron chi connectivity index (χ0n) is 9.99. The molecule has 0 unspecified atom stereocenters. The van der Waals surface area contributed by atoms with Crippen LogP contribution < -0.4 is 5.32 Å². The van der Waals surface area contributed by atoms with Crippen molar-refractivity contribution in [2.75, 3.05) is 6.54 Å². The number of amides is 1. The van der Waals surface area contributed by atoms with Gasteiger partial charge in [-0.05, 0) is 17.0 Å². The fourth-order valence-electron chi connectivity index (χ4n) is 1.40. The molecule has 16 heavy (non-hydrogen) atoms. The summed E-state index contributed by atoms with van der Waals surface area (Å²) in [7, 11) is 0. The molecule has 0 fully saturated rings. The molecular weight excluding hydrogens is 198 g/mol. The maximum Gasteiger partial charge on any atom is 0.224 e. The van der Waals surface area contributed by atoms with E-state index >= 15 is 0 Å². The number of hydrogen-bond acceptors (Lipinski definition) is 1. The van der Waals surface area contributed by atoms with E-state index in [9.17, 15) is 4.79 Å². The van der Waals surface area contributed by atoms with Crippen LogP contribution in [0.1, 0.15) is 25.0 Å². The standard InChI is InChI=1S/C14H19NO/c1-4-12-6-5-7-13(8-12)9-14(16)15-10-11(2)3/h4-8,11H,1,9-10H2,2-3H3,(H,15,16). The highest BCUT2D eigenvalue weighted by atomic mass is 16.1. The fourth-order valence-corrected chi connectivity index (χ4v) is 1.40. The van der Waals surface area contributed by atoms with E-state index in [0.29, 0.717) is 12.3 Å². The molecule has 0 heterocycles. The van der Waals surface area contributed by atoms with E-state index in [4.69, 9.17) is 0 Å². The number of benzene rings is 1. The van der Waals surface area contributed by atoms with Crippen molar-refractivity contribution in [3.8, 4) is 0 Å². The van der Waals surface area contributed by atoms with Crippen molar-refractivity contribution in [3.63, 3.8) is 0 Å². The van der Waals surface area contributed by atoms with Crippen molar-refractivity contribution in [1.82, 2.24) is 5.32 Å². The zero-order valence-corrected chi connectivity index (χ0v) is 9.99. The Balaban J connectivity index is 2.52. The van der Waals surface area contributed by atoms with Gasteiger partial charge in [-0.2, -0.15) is 0 Å². The first-order valence-electron chi connectivity index (χ1n) is 5.60. The Bertz CT molecular complexity index is 369. The van der Waals surface area contributed by atoms with Gasteiger partial charge in [0.2, 0.25) is 5.91 Å². The lowest BCUT2D eigenvalue weighted by Crippen LogP contribution is -2.28. The van der Waals surface area contributed by atoms with Crippen LogP contribution in [0.4, 0.5) is 0 Å². The Morgan fingerprint density at radius 2 is 2.25 bits per heavy atom. The molecule has 0 radical (unpaired) electrons. The number of nitrogens with one attached hydrogen (secondary N) is 1. The molecular formula is C14H19NO. The highest BCUT2D eigenvalue weighted by Gasteiger charge is 2.03. The SMILES string of the molecule is C=Cc1cccc(CC(=O)NCC(C)C)c1. The van der Waals surface area contributed by atoms with Crippen molar-refractivity contribution >= 4 is 12.0 Å². The van der Waals surface area contributed by atoms with E-state index in [-0.39, 0.29) is 5.91 Å². The van der Waals surface area contributed by atoms with Crippen LogP contribution in [0.3, 0.4) is 0 Å². The molecule has 0 aliphatic rings. The predicted octanol–water partition coefficient (Wildman–Crippen LogP) is 2.64. The summed E-state index contributed by atoms with van der Waals surface area (Å²) in [6, 6.07) is 7.87. The molecule has 0 atom stereocenters. The van der Waals surface area contributed by atoms with Crippen LogP contribution in [0, 0.1) is 5.92 Å². The van der Waals surface area contributed by atoms with E-state index in [1.807, 2.05) is 24.3 Å². The molecule has 0 saturated heterocycles. The molecule has 0 saturated carbocycles. The normalized spacial score (nSPS) is 10.2. The van der Waals surface area contributed by atoms with Crippen LogP contribution in [0.25, 0.3) is 6.08 Å². The summed E-state index contributed by atoms with van der Waals surface area (Å²) < 4.78 is 0. The average Bonchev–Trinajstić information content (AvgIpc) is 2.26. The van der Waals surface area contributed by atoms with Gasteiger partial charge in [-0.15, -0.1) is 0 Å². The van der Waals surface area contributed by atoms with Crippen molar-refractivity contribution in [1.29, 1.82) is 0 Å². The van der Waals surface area contributed by atoms with Gasteiger partial charge in [0.15, 0.2) is 0 Å². The van der Waals surface area contributed by atoms with Gasteiger partial charge < -0.3 is 5.32 Å². The molecule has 1 aromatic rings. The summed E-state index contributed by atoms with van der Waals surface area (Å²) in [6.45, 7) is 8.61. The Morgan fingerprint density at radius 1 is 1.50 bits per heavy atom. The van der Waals surface area contributed by atoms with Crippen LogP contribution in [0.5, 0.6) is 0 Å². The van der Waals surface area contributed by atoms with Crippen molar-refractivity contribution in [2.24, 2.45) is 5.92 Å². The van der Waals surface area contributed by atoms with Gasteiger partial charge in [0.05, 0.1) is 6.42 Å². The molecule has 2 nitrogen and oxygen atoms in total. The molecule has 0 bridgehead atoms. The number of hydrogen-bond donors (Lipinski definition) is 1. The molecule has 1 rings (SSSR count). The van der Waals surface area contributed by atoms with E-state index in [2.05, 4.69) is 25.7 Å². The Labute approximate surface area is 97.4 Å². The summed E-state index contributed by atoms with van der Waals surface area (Å²) in [5.41, 5.74) is 2.08. The second-order valence-electron chi connectivity index (χ2n) is 4.32. The quantitative estimate of drug-likeness (QED) is 0.807. The van der Waals surface area contributed by atoms with E-state index in [1.54, 1.807) is 6.08 Å². The third-order valence-electron chi connectivity index (χ3n) is 2.26. The third kappa shape index (κ3) is 4.30. The second kappa shape index (κ2) is 6.11. The first-order valence-corrected chi connectivity index (χ1v) is 5.60. The highest BCUT2D eigenvalue weighted by Crippen LogP contribution is 2.07. The van der Waals surface area contributed by atoms with Gasteiger partial charge in [0.25, 0.3) is 0 Å².